The van der Waals surface area contributed by atoms with Gasteiger partial charge in [-0.15, -0.1) is 11.3 Å². The second-order valence-corrected chi connectivity index (χ2v) is 6.14. The Morgan fingerprint density at radius 1 is 1.25 bits per heavy atom. The number of halogens is 1. The molecule has 1 aromatic heterocycles. The van der Waals surface area contributed by atoms with E-state index in [0.29, 0.717) is 5.92 Å². The monoisotopic (exact) mass is 309 g/mol. The van der Waals surface area contributed by atoms with Crippen molar-refractivity contribution in [2.75, 3.05) is 26.8 Å². The topological polar surface area (TPSA) is 21.3 Å². The van der Waals surface area contributed by atoms with E-state index in [2.05, 4.69) is 35.0 Å². The number of benzene rings is 1. The number of rotatable bonds is 8. The van der Waals surface area contributed by atoms with E-state index in [-0.39, 0.29) is 0 Å². The van der Waals surface area contributed by atoms with Gasteiger partial charge in [0.1, 0.15) is 0 Å². The van der Waals surface area contributed by atoms with Gasteiger partial charge < -0.3 is 10.1 Å². The molecule has 20 heavy (non-hydrogen) atoms. The quantitative estimate of drug-likeness (QED) is 0.745. The zero-order valence-corrected chi connectivity index (χ0v) is 13.2. The van der Waals surface area contributed by atoms with Crippen molar-refractivity contribution >= 4 is 22.9 Å². The van der Waals surface area contributed by atoms with Gasteiger partial charge in [-0.05, 0) is 29.5 Å². The molecule has 2 aromatic rings. The van der Waals surface area contributed by atoms with Crippen LogP contribution < -0.4 is 5.32 Å². The summed E-state index contributed by atoms with van der Waals surface area (Å²) in [6.45, 7) is 2.50. The van der Waals surface area contributed by atoms with Crippen LogP contribution in [-0.4, -0.2) is 26.8 Å². The van der Waals surface area contributed by atoms with Gasteiger partial charge in [-0.2, -0.15) is 0 Å². The molecule has 108 valence electrons. The molecule has 1 heterocycles. The molecule has 2 nitrogen and oxygen atoms in total. The SMILES string of the molecule is COCCNCC(Cc1cccs1)c1ccccc1Cl. The highest BCUT2D eigenvalue weighted by molar-refractivity contribution is 7.09. The lowest BCUT2D eigenvalue weighted by atomic mass is 9.95. The number of thiophene rings is 1. The Morgan fingerprint density at radius 2 is 2.10 bits per heavy atom. The third-order valence-corrected chi connectivity index (χ3v) is 4.49. The lowest BCUT2D eigenvalue weighted by Crippen LogP contribution is -2.26. The maximum Gasteiger partial charge on any atom is 0.0587 e. The van der Waals surface area contributed by atoms with Crippen molar-refractivity contribution in [1.82, 2.24) is 5.32 Å². The Hall–Kier alpha value is -0.870. The Labute approximate surface area is 129 Å². The van der Waals surface area contributed by atoms with Gasteiger partial charge in [0.15, 0.2) is 0 Å². The van der Waals surface area contributed by atoms with Crippen LogP contribution >= 0.6 is 22.9 Å². The maximum atomic E-state index is 6.35. The fourth-order valence-electron chi connectivity index (χ4n) is 2.22. The van der Waals surface area contributed by atoms with E-state index >= 15 is 0 Å². The molecule has 0 spiro atoms. The van der Waals surface area contributed by atoms with Gasteiger partial charge in [0.25, 0.3) is 0 Å². The van der Waals surface area contributed by atoms with Gasteiger partial charge in [0.2, 0.25) is 0 Å². The molecule has 1 unspecified atom stereocenters. The molecule has 0 radical (unpaired) electrons. The predicted molar refractivity (Wildman–Crippen MR) is 87.0 cm³/mol. The molecule has 1 N–H and O–H groups in total. The summed E-state index contributed by atoms with van der Waals surface area (Å²) in [5.41, 5.74) is 1.22. The molecule has 0 aliphatic carbocycles. The average molecular weight is 310 g/mol. The molecule has 0 amide bonds. The Kier molecular flexibility index (Phi) is 6.54. The van der Waals surface area contributed by atoms with Crippen LogP contribution in [0.25, 0.3) is 0 Å². The first-order valence-electron chi connectivity index (χ1n) is 6.77. The fraction of sp³-hybridized carbons (Fsp3) is 0.375. The van der Waals surface area contributed by atoms with Crippen LogP contribution in [0.1, 0.15) is 16.4 Å². The van der Waals surface area contributed by atoms with Crippen molar-refractivity contribution in [3.63, 3.8) is 0 Å². The van der Waals surface area contributed by atoms with Crippen molar-refractivity contribution in [2.24, 2.45) is 0 Å². The van der Waals surface area contributed by atoms with E-state index in [4.69, 9.17) is 16.3 Å². The summed E-state index contributed by atoms with van der Waals surface area (Å²) in [6.07, 6.45) is 1.02. The second kappa shape index (κ2) is 8.42. The number of hydrogen-bond donors (Lipinski definition) is 1. The van der Waals surface area contributed by atoms with Crippen LogP contribution in [-0.2, 0) is 11.2 Å². The first-order valence-corrected chi connectivity index (χ1v) is 8.03. The molecular weight excluding hydrogens is 290 g/mol. The molecule has 0 bridgehead atoms. The minimum Gasteiger partial charge on any atom is -0.383 e. The van der Waals surface area contributed by atoms with Crippen LogP contribution in [0.4, 0.5) is 0 Å². The van der Waals surface area contributed by atoms with Crippen molar-refractivity contribution in [3.05, 3.63) is 57.2 Å². The van der Waals surface area contributed by atoms with Gasteiger partial charge in [0.05, 0.1) is 6.61 Å². The van der Waals surface area contributed by atoms with Gasteiger partial charge in [-0.3, -0.25) is 0 Å². The number of ether oxygens (including phenoxy) is 1. The average Bonchev–Trinajstić information content (AvgIpc) is 2.96. The Balaban J connectivity index is 2.05. The molecule has 4 heteroatoms. The standard InChI is InChI=1S/C16H20ClNOS/c1-19-9-8-18-12-13(11-14-5-4-10-20-14)15-6-2-3-7-16(15)17/h2-7,10,13,18H,8-9,11-12H2,1H3. The molecule has 0 saturated carbocycles. The summed E-state index contributed by atoms with van der Waals surface area (Å²) in [4.78, 5) is 1.39. The summed E-state index contributed by atoms with van der Waals surface area (Å²) in [5.74, 6) is 0.388. The van der Waals surface area contributed by atoms with Crippen molar-refractivity contribution in [1.29, 1.82) is 0 Å². The summed E-state index contributed by atoms with van der Waals surface area (Å²) < 4.78 is 5.07. The van der Waals surface area contributed by atoms with Crippen molar-refractivity contribution in [3.8, 4) is 0 Å². The molecule has 1 atom stereocenters. The van der Waals surface area contributed by atoms with E-state index in [1.165, 1.54) is 10.4 Å². The maximum absolute atomic E-state index is 6.35. The van der Waals surface area contributed by atoms with Gasteiger partial charge in [0, 0.05) is 36.0 Å². The highest BCUT2D eigenvalue weighted by Gasteiger charge is 2.15. The van der Waals surface area contributed by atoms with Gasteiger partial charge in [-0.25, -0.2) is 0 Å². The van der Waals surface area contributed by atoms with E-state index < -0.39 is 0 Å². The van der Waals surface area contributed by atoms with E-state index in [1.54, 1.807) is 18.4 Å². The summed E-state index contributed by atoms with van der Waals surface area (Å²) in [5, 5.41) is 6.42. The molecule has 1 aromatic carbocycles. The molecular formula is C16H20ClNOS. The van der Waals surface area contributed by atoms with Crippen LogP contribution in [0.3, 0.4) is 0 Å². The molecule has 0 aliphatic heterocycles. The lowest BCUT2D eigenvalue weighted by molar-refractivity contribution is 0.199. The lowest BCUT2D eigenvalue weighted by Gasteiger charge is -2.19. The van der Waals surface area contributed by atoms with E-state index in [1.807, 2.05) is 12.1 Å². The highest BCUT2D eigenvalue weighted by atomic mass is 35.5. The largest absolute Gasteiger partial charge is 0.383 e. The molecule has 0 saturated heterocycles. The first kappa shape index (κ1) is 15.5. The molecule has 2 rings (SSSR count). The summed E-state index contributed by atoms with van der Waals surface area (Å²) in [7, 11) is 1.72. The van der Waals surface area contributed by atoms with Crippen LogP contribution in [0.2, 0.25) is 5.02 Å². The number of hydrogen-bond acceptors (Lipinski definition) is 3. The zero-order valence-electron chi connectivity index (χ0n) is 11.6. The minimum absolute atomic E-state index is 0.388. The Bertz CT molecular complexity index is 501. The van der Waals surface area contributed by atoms with E-state index in [0.717, 1.165) is 31.1 Å². The van der Waals surface area contributed by atoms with Crippen molar-refractivity contribution in [2.45, 2.75) is 12.3 Å². The zero-order chi connectivity index (χ0) is 14.2. The van der Waals surface area contributed by atoms with Gasteiger partial charge in [-0.1, -0.05) is 35.9 Å². The summed E-state index contributed by atoms with van der Waals surface area (Å²) in [6, 6.07) is 12.4. The molecule has 0 fully saturated rings. The summed E-state index contributed by atoms with van der Waals surface area (Å²) >= 11 is 8.15. The highest BCUT2D eigenvalue weighted by Crippen LogP contribution is 2.28. The second-order valence-electron chi connectivity index (χ2n) is 4.70. The third-order valence-electron chi connectivity index (χ3n) is 3.25. The van der Waals surface area contributed by atoms with E-state index in [9.17, 15) is 0 Å². The predicted octanol–water partition coefficient (Wildman–Crippen LogP) is 3.96. The first-order chi connectivity index (χ1) is 9.81. The third kappa shape index (κ3) is 4.60. The van der Waals surface area contributed by atoms with Crippen LogP contribution in [0.5, 0.6) is 0 Å². The van der Waals surface area contributed by atoms with Crippen LogP contribution in [0.15, 0.2) is 41.8 Å². The minimum atomic E-state index is 0.388. The Morgan fingerprint density at radius 3 is 2.80 bits per heavy atom. The van der Waals surface area contributed by atoms with Crippen molar-refractivity contribution < 1.29 is 4.74 Å². The number of nitrogens with one attached hydrogen (secondary N) is 1. The number of methoxy groups -OCH3 is 1. The van der Waals surface area contributed by atoms with Crippen LogP contribution in [0, 0.1) is 0 Å². The molecule has 0 aliphatic rings. The normalized spacial score (nSPS) is 12.5. The fourth-order valence-corrected chi connectivity index (χ4v) is 3.30. The van der Waals surface area contributed by atoms with Gasteiger partial charge >= 0.3 is 0 Å². The smallest absolute Gasteiger partial charge is 0.0587 e.